The Balaban J connectivity index is 1.44. The number of thiophene rings is 1. The van der Waals surface area contributed by atoms with Gasteiger partial charge in [0, 0.05) is 30.1 Å². The maximum absolute atomic E-state index is 12.7. The van der Waals surface area contributed by atoms with Crippen LogP contribution in [0.3, 0.4) is 0 Å². The van der Waals surface area contributed by atoms with Gasteiger partial charge < -0.3 is 15.4 Å². The summed E-state index contributed by atoms with van der Waals surface area (Å²) >= 11 is 1.27. The summed E-state index contributed by atoms with van der Waals surface area (Å²) in [4.78, 5) is 33.2. The second-order valence-electron chi connectivity index (χ2n) is 6.51. The molecule has 0 spiro atoms. The molecule has 0 saturated heterocycles. The molecule has 1 saturated carbocycles. The van der Waals surface area contributed by atoms with Crippen LogP contribution in [0.2, 0.25) is 0 Å². The summed E-state index contributed by atoms with van der Waals surface area (Å²) in [5.74, 6) is 0.833. The summed E-state index contributed by atoms with van der Waals surface area (Å²) < 4.78 is 5.64. The number of ether oxygens (including phenoxy) is 1. The summed E-state index contributed by atoms with van der Waals surface area (Å²) in [6, 6.07) is 8.87. The molecule has 1 aromatic carbocycles. The van der Waals surface area contributed by atoms with Crippen molar-refractivity contribution in [3.8, 4) is 11.6 Å². The van der Waals surface area contributed by atoms with E-state index in [1.165, 1.54) is 17.5 Å². The number of benzene rings is 1. The molecule has 0 radical (unpaired) electrons. The summed E-state index contributed by atoms with van der Waals surface area (Å²) in [7, 11) is 0. The highest BCUT2D eigenvalue weighted by atomic mass is 32.1. The molecule has 2 heterocycles. The van der Waals surface area contributed by atoms with E-state index in [-0.39, 0.29) is 17.7 Å². The smallest absolute Gasteiger partial charge is 0.266 e. The SMILES string of the molecule is Cc1cc(NC(=O)C2CC2)sc1C(=O)Nc1cccc(Oc2cnccn2)c1. The van der Waals surface area contributed by atoms with Crippen molar-refractivity contribution in [2.45, 2.75) is 19.8 Å². The van der Waals surface area contributed by atoms with E-state index in [1.54, 1.807) is 36.7 Å². The Morgan fingerprint density at radius 3 is 2.79 bits per heavy atom. The first-order chi connectivity index (χ1) is 13.6. The van der Waals surface area contributed by atoms with Crippen LogP contribution in [-0.2, 0) is 4.79 Å². The summed E-state index contributed by atoms with van der Waals surface area (Å²) in [6.07, 6.45) is 6.50. The molecule has 1 fully saturated rings. The van der Waals surface area contributed by atoms with E-state index in [0.29, 0.717) is 27.2 Å². The van der Waals surface area contributed by atoms with Crippen molar-refractivity contribution in [2.24, 2.45) is 5.92 Å². The topological polar surface area (TPSA) is 93.2 Å². The van der Waals surface area contributed by atoms with Gasteiger partial charge in [0.1, 0.15) is 5.75 Å². The fraction of sp³-hybridized carbons (Fsp3) is 0.200. The molecule has 0 unspecified atom stereocenters. The van der Waals surface area contributed by atoms with Gasteiger partial charge in [-0.25, -0.2) is 4.98 Å². The number of anilines is 2. The number of nitrogens with one attached hydrogen (secondary N) is 2. The number of carbonyl (C=O) groups is 2. The summed E-state index contributed by atoms with van der Waals surface area (Å²) in [5.41, 5.74) is 1.42. The van der Waals surface area contributed by atoms with Crippen molar-refractivity contribution in [1.82, 2.24) is 9.97 Å². The maximum Gasteiger partial charge on any atom is 0.266 e. The lowest BCUT2D eigenvalue weighted by molar-refractivity contribution is -0.117. The van der Waals surface area contributed by atoms with Gasteiger partial charge in [0.05, 0.1) is 16.1 Å². The number of aryl methyl sites for hydroxylation is 1. The Morgan fingerprint density at radius 1 is 1.18 bits per heavy atom. The number of aromatic nitrogens is 2. The zero-order chi connectivity index (χ0) is 19.5. The lowest BCUT2D eigenvalue weighted by Gasteiger charge is -2.08. The van der Waals surface area contributed by atoms with Crippen molar-refractivity contribution < 1.29 is 14.3 Å². The molecule has 2 amide bonds. The Morgan fingerprint density at radius 2 is 2.04 bits per heavy atom. The van der Waals surface area contributed by atoms with E-state index in [2.05, 4.69) is 20.6 Å². The predicted molar refractivity (Wildman–Crippen MR) is 107 cm³/mol. The zero-order valence-electron chi connectivity index (χ0n) is 15.1. The van der Waals surface area contributed by atoms with Crippen molar-refractivity contribution in [2.75, 3.05) is 10.6 Å². The molecule has 8 heteroatoms. The minimum absolute atomic E-state index is 0.0297. The molecular weight excluding hydrogens is 376 g/mol. The molecule has 2 aromatic heterocycles. The summed E-state index contributed by atoms with van der Waals surface area (Å²) in [5, 5.41) is 6.45. The van der Waals surface area contributed by atoms with Crippen LogP contribution in [0, 0.1) is 12.8 Å². The van der Waals surface area contributed by atoms with Gasteiger partial charge in [-0.05, 0) is 43.5 Å². The Labute approximate surface area is 165 Å². The van der Waals surface area contributed by atoms with Crippen LogP contribution in [0.25, 0.3) is 0 Å². The van der Waals surface area contributed by atoms with Gasteiger partial charge in [-0.3, -0.25) is 14.6 Å². The van der Waals surface area contributed by atoms with Crippen LogP contribution in [0.4, 0.5) is 10.7 Å². The second-order valence-corrected chi connectivity index (χ2v) is 7.57. The normalized spacial score (nSPS) is 13.0. The van der Waals surface area contributed by atoms with Gasteiger partial charge in [0.15, 0.2) is 0 Å². The van der Waals surface area contributed by atoms with E-state index in [9.17, 15) is 9.59 Å². The number of rotatable bonds is 6. The van der Waals surface area contributed by atoms with Crippen LogP contribution in [0.1, 0.15) is 28.1 Å². The summed E-state index contributed by atoms with van der Waals surface area (Å²) in [6.45, 7) is 1.85. The van der Waals surface area contributed by atoms with Gasteiger partial charge >= 0.3 is 0 Å². The van der Waals surface area contributed by atoms with Gasteiger partial charge in [-0.1, -0.05) is 6.07 Å². The van der Waals surface area contributed by atoms with Gasteiger partial charge in [-0.2, -0.15) is 0 Å². The minimum Gasteiger partial charge on any atom is -0.437 e. The van der Waals surface area contributed by atoms with Gasteiger partial charge in [0.25, 0.3) is 5.91 Å². The van der Waals surface area contributed by atoms with Gasteiger partial charge in [-0.15, -0.1) is 11.3 Å². The third-order valence-electron chi connectivity index (χ3n) is 4.17. The first kappa shape index (κ1) is 18.1. The standard InChI is InChI=1S/C20H18N4O3S/c1-12-9-17(24-19(25)13-5-6-13)28-18(12)20(26)23-14-3-2-4-15(10-14)27-16-11-21-7-8-22-16/h2-4,7-11,13H,5-6H2,1H3,(H,23,26)(H,24,25). The van der Waals surface area contributed by atoms with Crippen LogP contribution in [0.15, 0.2) is 48.9 Å². The van der Waals surface area contributed by atoms with Crippen molar-refractivity contribution in [1.29, 1.82) is 0 Å². The fourth-order valence-corrected chi connectivity index (χ4v) is 3.59. The second kappa shape index (κ2) is 7.77. The highest BCUT2D eigenvalue weighted by Crippen LogP contribution is 2.33. The highest BCUT2D eigenvalue weighted by Gasteiger charge is 2.30. The van der Waals surface area contributed by atoms with Crippen LogP contribution in [-0.4, -0.2) is 21.8 Å². The molecule has 3 aromatic rings. The third kappa shape index (κ3) is 4.34. The predicted octanol–water partition coefficient (Wildman–Crippen LogP) is 4.24. The van der Waals surface area contributed by atoms with Crippen LogP contribution in [0.5, 0.6) is 11.6 Å². The molecule has 4 rings (SSSR count). The van der Waals surface area contributed by atoms with Crippen molar-refractivity contribution >= 4 is 33.8 Å². The average molecular weight is 394 g/mol. The Bertz CT molecular complexity index is 1020. The van der Waals surface area contributed by atoms with E-state index >= 15 is 0 Å². The number of nitrogens with zero attached hydrogens (tertiary/aromatic N) is 2. The van der Waals surface area contributed by atoms with Crippen molar-refractivity contribution in [3.05, 3.63) is 59.4 Å². The van der Waals surface area contributed by atoms with Gasteiger partial charge in [0.2, 0.25) is 11.8 Å². The van der Waals surface area contributed by atoms with E-state index in [1.807, 2.05) is 13.0 Å². The Kier molecular flexibility index (Phi) is 5.03. The monoisotopic (exact) mass is 394 g/mol. The van der Waals surface area contributed by atoms with E-state index in [0.717, 1.165) is 18.4 Å². The first-order valence-electron chi connectivity index (χ1n) is 8.85. The highest BCUT2D eigenvalue weighted by molar-refractivity contribution is 7.18. The molecule has 7 nitrogen and oxygen atoms in total. The molecule has 1 aliphatic rings. The van der Waals surface area contributed by atoms with Crippen LogP contribution >= 0.6 is 11.3 Å². The zero-order valence-corrected chi connectivity index (χ0v) is 16.0. The lowest BCUT2D eigenvalue weighted by Crippen LogP contribution is -2.12. The van der Waals surface area contributed by atoms with E-state index in [4.69, 9.17) is 4.74 Å². The maximum atomic E-state index is 12.7. The molecule has 2 N–H and O–H groups in total. The molecular formula is C20H18N4O3S. The quantitative estimate of drug-likeness (QED) is 0.652. The Hall–Kier alpha value is -3.26. The molecule has 0 aliphatic heterocycles. The largest absolute Gasteiger partial charge is 0.437 e. The number of amides is 2. The lowest BCUT2D eigenvalue weighted by atomic mass is 10.2. The van der Waals surface area contributed by atoms with Crippen molar-refractivity contribution in [3.63, 3.8) is 0 Å². The number of hydrogen-bond donors (Lipinski definition) is 2. The number of carbonyl (C=O) groups excluding carboxylic acids is 2. The fourth-order valence-electron chi connectivity index (χ4n) is 2.62. The molecule has 0 atom stereocenters. The van der Waals surface area contributed by atoms with Crippen LogP contribution < -0.4 is 15.4 Å². The minimum atomic E-state index is -0.230. The molecule has 1 aliphatic carbocycles. The molecule has 0 bridgehead atoms. The number of hydrogen-bond acceptors (Lipinski definition) is 6. The molecule has 28 heavy (non-hydrogen) atoms. The average Bonchev–Trinajstić information content (AvgIpc) is 3.46. The third-order valence-corrected chi connectivity index (χ3v) is 5.32. The molecule has 142 valence electrons. The first-order valence-corrected chi connectivity index (χ1v) is 9.67. The van der Waals surface area contributed by atoms with E-state index < -0.39 is 0 Å².